The fourth-order valence-corrected chi connectivity index (χ4v) is 3.14. The van der Waals surface area contributed by atoms with Crippen molar-refractivity contribution in [3.05, 3.63) is 23.3 Å². The van der Waals surface area contributed by atoms with Crippen molar-refractivity contribution in [2.45, 2.75) is 18.7 Å². The fourth-order valence-electron chi connectivity index (χ4n) is 1.70. The van der Waals surface area contributed by atoms with Gasteiger partial charge in [-0.05, 0) is 37.1 Å². The summed E-state index contributed by atoms with van der Waals surface area (Å²) in [5, 5.41) is 8.83. The molecule has 0 spiro atoms. The van der Waals surface area contributed by atoms with Crippen LogP contribution in [0.4, 0.5) is 0 Å². The first kappa shape index (κ1) is 14.9. The number of benzene rings is 1. The van der Waals surface area contributed by atoms with Gasteiger partial charge in [-0.2, -0.15) is 4.31 Å². The summed E-state index contributed by atoms with van der Waals surface area (Å²) >= 11 is 0. The number of hydrogen-bond donors (Lipinski definition) is 1. The summed E-state index contributed by atoms with van der Waals surface area (Å²) in [5.41, 5.74) is 1.47. The van der Waals surface area contributed by atoms with Gasteiger partial charge in [0.05, 0.1) is 18.6 Å². The first-order valence-corrected chi connectivity index (χ1v) is 7.01. The molecule has 0 amide bonds. The van der Waals surface area contributed by atoms with Crippen LogP contribution in [-0.4, -0.2) is 45.1 Å². The lowest BCUT2D eigenvalue weighted by atomic mass is 10.1. The predicted molar refractivity (Wildman–Crippen MR) is 69.4 cm³/mol. The molecule has 18 heavy (non-hydrogen) atoms. The summed E-state index contributed by atoms with van der Waals surface area (Å²) in [7, 11) is -0.563. The van der Waals surface area contributed by atoms with E-state index < -0.39 is 10.0 Å². The van der Waals surface area contributed by atoms with Crippen LogP contribution in [0.5, 0.6) is 5.75 Å². The number of hydrogen-bond acceptors (Lipinski definition) is 4. The molecule has 0 aliphatic rings. The van der Waals surface area contributed by atoms with Gasteiger partial charge in [-0.3, -0.25) is 0 Å². The molecule has 1 rings (SSSR count). The van der Waals surface area contributed by atoms with Gasteiger partial charge in [-0.25, -0.2) is 8.42 Å². The molecule has 1 aromatic carbocycles. The Morgan fingerprint density at radius 1 is 1.28 bits per heavy atom. The number of sulfonamides is 1. The standard InChI is InChI=1S/C12H19NO4S/c1-9-10(2)12(6-5-11(9)17-4)18(15,16)13(3)7-8-14/h5-6,14H,7-8H2,1-4H3. The van der Waals surface area contributed by atoms with Crippen LogP contribution in [0.2, 0.25) is 0 Å². The van der Waals surface area contributed by atoms with Gasteiger partial charge >= 0.3 is 0 Å². The highest BCUT2D eigenvalue weighted by molar-refractivity contribution is 7.89. The Labute approximate surface area is 108 Å². The molecular formula is C12H19NO4S. The molecule has 0 radical (unpaired) electrons. The Morgan fingerprint density at radius 2 is 1.89 bits per heavy atom. The van der Waals surface area contributed by atoms with Crippen molar-refractivity contribution in [2.24, 2.45) is 0 Å². The maximum absolute atomic E-state index is 12.3. The topological polar surface area (TPSA) is 66.8 Å². The van der Waals surface area contributed by atoms with Crippen molar-refractivity contribution in [3.8, 4) is 5.75 Å². The van der Waals surface area contributed by atoms with Crippen LogP contribution in [0.3, 0.4) is 0 Å². The Balaban J connectivity index is 3.30. The predicted octanol–water partition coefficient (Wildman–Crippen LogP) is 0.925. The number of methoxy groups -OCH3 is 1. The van der Waals surface area contributed by atoms with Gasteiger partial charge in [0.2, 0.25) is 10.0 Å². The number of nitrogens with zero attached hydrogens (tertiary/aromatic N) is 1. The Bertz CT molecular complexity index is 525. The van der Waals surface area contributed by atoms with E-state index in [1.165, 1.54) is 13.1 Å². The average Bonchev–Trinajstić information content (AvgIpc) is 2.32. The average molecular weight is 273 g/mol. The molecule has 1 N–H and O–H groups in total. The number of rotatable bonds is 5. The molecule has 0 heterocycles. The first-order valence-electron chi connectivity index (χ1n) is 5.57. The van der Waals surface area contributed by atoms with Crippen molar-refractivity contribution >= 4 is 10.0 Å². The van der Waals surface area contributed by atoms with E-state index in [0.29, 0.717) is 11.3 Å². The van der Waals surface area contributed by atoms with Crippen molar-refractivity contribution in [2.75, 3.05) is 27.3 Å². The van der Waals surface area contributed by atoms with E-state index in [2.05, 4.69) is 0 Å². The largest absolute Gasteiger partial charge is 0.496 e. The molecule has 1 aromatic rings. The van der Waals surface area contributed by atoms with E-state index in [0.717, 1.165) is 9.87 Å². The molecule has 0 saturated heterocycles. The summed E-state index contributed by atoms with van der Waals surface area (Å²) in [6.45, 7) is 3.44. The second kappa shape index (κ2) is 5.69. The van der Waals surface area contributed by atoms with Crippen LogP contribution in [0, 0.1) is 13.8 Å². The lowest BCUT2D eigenvalue weighted by Crippen LogP contribution is -2.30. The third-order valence-corrected chi connectivity index (χ3v) is 5.01. The maximum atomic E-state index is 12.3. The van der Waals surface area contributed by atoms with Crippen LogP contribution < -0.4 is 4.74 Å². The summed E-state index contributed by atoms with van der Waals surface area (Å²) in [5.74, 6) is 0.663. The number of aliphatic hydroxyl groups is 1. The maximum Gasteiger partial charge on any atom is 0.243 e. The minimum Gasteiger partial charge on any atom is -0.496 e. The zero-order valence-electron chi connectivity index (χ0n) is 11.1. The van der Waals surface area contributed by atoms with Crippen LogP contribution in [0.15, 0.2) is 17.0 Å². The van der Waals surface area contributed by atoms with Crippen molar-refractivity contribution in [1.29, 1.82) is 0 Å². The molecule has 0 unspecified atom stereocenters. The molecule has 6 heteroatoms. The van der Waals surface area contributed by atoms with Crippen LogP contribution in [-0.2, 0) is 10.0 Å². The van der Waals surface area contributed by atoms with Gasteiger partial charge in [0.25, 0.3) is 0 Å². The lowest BCUT2D eigenvalue weighted by molar-refractivity contribution is 0.266. The zero-order valence-corrected chi connectivity index (χ0v) is 11.9. The van der Waals surface area contributed by atoms with E-state index in [9.17, 15) is 8.42 Å². The van der Waals surface area contributed by atoms with Crippen molar-refractivity contribution < 1.29 is 18.3 Å². The second-order valence-electron chi connectivity index (χ2n) is 4.07. The lowest BCUT2D eigenvalue weighted by Gasteiger charge is -2.19. The molecular weight excluding hydrogens is 254 g/mol. The number of ether oxygens (including phenoxy) is 1. The highest BCUT2D eigenvalue weighted by atomic mass is 32.2. The molecule has 0 bridgehead atoms. The molecule has 0 aliphatic heterocycles. The minimum absolute atomic E-state index is 0.0762. The summed E-state index contributed by atoms with van der Waals surface area (Å²) < 4.78 is 30.8. The van der Waals surface area contributed by atoms with Crippen LogP contribution >= 0.6 is 0 Å². The number of likely N-dealkylation sites (N-methyl/N-ethyl adjacent to an activating group) is 1. The van der Waals surface area contributed by atoms with E-state index in [4.69, 9.17) is 9.84 Å². The van der Waals surface area contributed by atoms with Crippen molar-refractivity contribution in [3.63, 3.8) is 0 Å². The Hall–Kier alpha value is -1.11. The first-order chi connectivity index (χ1) is 8.36. The molecule has 0 saturated carbocycles. The molecule has 0 fully saturated rings. The second-order valence-corrected chi connectivity index (χ2v) is 6.08. The van der Waals surface area contributed by atoms with Gasteiger partial charge in [0.1, 0.15) is 5.75 Å². The van der Waals surface area contributed by atoms with Crippen LogP contribution in [0.25, 0.3) is 0 Å². The van der Waals surface area contributed by atoms with Gasteiger partial charge < -0.3 is 9.84 Å². The summed E-state index contributed by atoms with van der Waals surface area (Å²) in [6.07, 6.45) is 0. The van der Waals surface area contributed by atoms with E-state index in [-0.39, 0.29) is 18.0 Å². The quantitative estimate of drug-likeness (QED) is 0.866. The zero-order chi connectivity index (χ0) is 13.9. The Kier molecular flexibility index (Phi) is 4.72. The third kappa shape index (κ3) is 2.66. The highest BCUT2D eigenvalue weighted by Gasteiger charge is 2.23. The highest BCUT2D eigenvalue weighted by Crippen LogP contribution is 2.28. The van der Waals surface area contributed by atoms with Gasteiger partial charge in [0, 0.05) is 13.6 Å². The number of aliphatic hydroxyl groups excluding tert-OH is 1. The van der Waals surface area contributed by atoms with E-state index in [1.54, 1.807) is 20.1 Å². The normalized spacial score (nSPS) is 11.9. The monoisotopic (exact) mass is 273 g/mol. The van der Waals surface area contributed by atoms with E-state index in [1.807, 2.05) is 6.92 Å². The minimum atomic E-state index is -3.56. The van der Waals surface area contributed by atoms with Crippen molar-refractivity contribution in [1.82, 2.24) is 4.31 Å². The fraction of sp³-hybridized carbons (Fsp3) is 0.500. The molecule has 5 nitrogen and oxygen atoms in total. The Morgan fingerprint density at radius 3 is 2.39 bits per heavy atom. The molecule has 102 valence electrons. The van der Waals surface area contributed by atoms with Gasteiger partial charge in [-0.15, -0.1) is 0 Å². The summed E-state index contributed by atoms with van der Waals surface area (Å²) in [4.78, 5) is 0.247. The smallest absolute Gasteiger partial charge is 0.243 e. The van der Waals surface area contributed by atoms with E-state index >= 15 is 0 Å². The molecule has 0 aromatic heterocycles. The molecule has 0 atom stereocenters. The van der Waals surface area contributed by atoms with Gasteiger partial charge in [-0.1, -0.05) is 0 Å². The summed E-state index contributed by atoms with van der Waals surface area (Å²) in [6, 6.07) is 3.17. The SMILES string of the molecule is COc1ccc(S(=O)(=O)N(C)CCO)c(C)c1C. The molecule has 0 aliphatic carbocycles. The third-order valence-electron chi connectivity index (χ3n) is 3.01. The van der Waals surface area contributed by atoms with Gasteiger partial charge in [0.15, 0.2) is 0 Å². The van der Waals surface area contributed by atoms with Crippen LogP contribution in [0.1, 0.15) is 11.1 Å².